The van der Waals surface area contributed by atoms with Gasteiger partial charge in [-0.25, -0.2) is 8.78 Å². The first-order valence-corrected chi connectivity index (χ1v) is 12.4. The fourth-order valence-electron chi connectivity index (χ4n) is 4.69. The van der Waals surface area contributed by atoms with Crippen LogP contribution < -0.4 is 14.4 Å². The van der Waals surface area contributed by atoms with Gasteiger partial charge in [0.25, 0.3) is 0 Å². The summed E-state index contributed by atoms with van der Waals surface area (Å²) in [6.45, 7) is 6.90. The third-order valence-electron chi connectivity index (χ3n) is 6.69. The van der Waals surface area contributed by atoms with Gasteiger partial charge >= 0.3 is 0 Å². The summed E-state index contributed by atoms with van der Waals surface area (Å²) in [4.78, 5) is 29.7. The number of halogens is 2. The zero-order valence-corrected chi connectivity index (χ0v) is 20.5. The second kappa shape index (κ2) is 12.1. The van der Waals surface area contributed by atoms with Crippen molar-refractivity contribution in [2.75, 3.05) is 57.3 Å². The van der Waals surface area contributed by atoms with Crippen molar-refractivity contribution in [1.82, 2.24) is 9.80 Å². The molecule has 0 saturated carbocycles. The van der Waals surface area contributed by atoms with Crippen LogP contribution in [0.25, 0.3) is 0 Å². The predicted molar refractivity (Wildman–Crippen MR) is 133 cm³/mol. The van der Waals surface area contributed by atoms with Crippen LogP contribution in [0.3, 0.4) is 0 Å². The summed E-state index contributed by atoms with van der Waals surface area (Å²) < 4.78 is 38.7. The van der Waals surface area contributed by atoms with Crippen LogP contribution in [0.4, 0.5) is 20.2 Å². The van der Waals surface area contributed by atoms with E-state index in [4.69, 9.17) is 9.47 Å². The standard InChI is InChI=1S/C26H32F2N4O4/c1-2-35-25-18-21(4-5-23(25)29-34)36-20-7-11-32(12-8-20)26(33)9-10-30-13-15-31(16-14-30)24-6-3-19(27)17-22(24)28/h3-6,17-18,20H,2,7-16H2,1H3. The summed E-state index contributed by atoms with van der Waals surface area (Å²) in [6, 6.07) is 8.64. The molecule has 2 aromatic rings. The van der Waals surface area contributed by atoms with Gasteiger partial charge in [-0.2, -0.15) is 0 Å². The first kappa shape index (κ1) is 25.8. The first-order valence-electron chi connectivity index (χ1n) is 12.4. The molecule has 36 heavy (non-hydrogen) atoms. The number of rotatable bonds is 9. The minimum absolute atomic E-state index is 0.0153. The van der Waals surface area contributed by atoms with Gasteiger partial charge in [0.15, 0.2) is 5.75 Å². The fourth-order valence-corrected chi connectivity index (χ4v) is 4.69. The van der Waals surface area contributed by atoms with E-state index in [2.05, 4.69) is 10.1 Å². The van der Waals surface area contributed by atoms with Gasteiger partial charge in [0.1, 0.15) is 29.2 Å². The van der Waals surface area contributed by atoms with E-state index in [1.165, 1.54) is 12.1 Å². The normalized spacial score (nSPS) is 17.2. The van der Waals surface area contributed by atoms with Crippen LogP contribution >= 0.6 is 0 Å². The molecule has 2 fully saturated rings. The molecule has 194 valence electrons. The number of benzene rings is 2. The van der Waals surface area contributed by atoms with Gasteiger partial charge < -0.3 is 19.3 Å². The quantitative estimate of drug-likeness (QED) is 0.475. The number of hydrogen-bond donors (Lipinski definition) is 0. The molecule has 0 radical (unpaired) electrons. The van der Waals surface area contributed by atoms with E-state index in [0.717, 1.165) is 32.0 Å². The number of amides is 1. The maximum atomic E-state index is 14.0. The SMILES string of the molecule is CCOc1cc(OC2CCN(C(=O)CCN3CCN(c4ccc(F)cc4F)CC3)CC2)ccc1N=O. The van der Waals surface area contributed by atoms with E-state index < -0.39 is 11.6 Å². The third kappa shape index (κ3) is 6.48. The molecule has 2 aromatic carbocycles. The molecule has 4 rings (SSSR count). The number of nitroso groups, excluding NO2 is 1. The summed E-state index contributed by atoms with van der Waals surface area (Å²) in [7, 11) is 0. The van der Waals surface area contributed by atoms with Crippen LogP contribution in [0.15, 0.2) is 41.6 Å². The Labute approximate surface area is 209 Å². The number of piperazine rings is 1. The molecular formula is C26H32F2N4O4. The highest BCUT2D eigenvalue weighted by molar-refractivity contribution is 5.76. The topological polar surface area (TPSA) is 74.7 Å². The average Bonchev–Trinajstić information content (AvgIpc) is 2.89. The number of carbonyl (C=O) groups excluding carboxylic acids is 1. The van der Waals surface area contributed by atoms with E-state index in [-0.39, 0.29) is 17.7 Å². The van der Waals surface area contributed by atoms with Gasteiger partial charge in [-0.3, -0.25) is 9.69 Å². The zero-order chi connectivity index (χ0) is 25.5. The number of hydrogen-bond acceptors (Lipinski definition) is 7. The molecule has 2 saturated heterocycles. The number of carbonyl (C=O) groups is 1. The largest absolute Gasteiger partial charge is 0.491 e. The summed E-state index contributed by atoms with van der Waals surface area (Å²) in [5, 5.41) is 2.97. The Hall–Kier alpha value is -3.27. The van der Waals surface area contributed by atoms with E-state index in [1.54, 1.807) is 18.2 Å². The molecule has 0 aromatic heterocycles. The molecule has 10 heteroatoms. The maximum absolute atomic E-state index is 14.0. The van der Waals surface area contributed by atoms with Crippen LogP contribution in [0, 0.1) is 16.5 Å². The molecule has 0 atom stereocenters. The highest BCUT2D eigenvalue weighted by atomic mass is 19.1. The van der Waals surface area contributed by atoms with Gasteiger partial charge in [-0.1, -0.05) is 0 Å². The molecule has 8 nitrogen and oxygen atoms in total. The Balaban J connectivity index is 1.18. The van der Waals surface area contributed by atoms with Gasteiger partial charge in [-0.15, -0.1) is 4.91 Å². The maximum Gasteiger partial charge on any atom is 0.223 e. The second-order valence-electron chi connectivity index (χ2n) is 9.03. The highest BCUT2D eigenvalue weighted by Gasteiger charge is 2.25. The molecule has 0 N–H and O–H groups in total. The Morgan fingerprint density at radius 3 is 2.44 bits per heavy atom. The lowest BCUT2D eigenvalue weighted by Crippen LogP contribution is -2.48. The number of nitrogens with zero attached hydrogens (tertiary/aromatic N) is 4. The number of anilines is 1. The lowest BCUT2D eigenvalue weighted by atomic mass is 10.1. The first-order chi connectivity index (χ1) is 17.5. The van der Waals surface area contributed by atoms with Gasteiger partial charge in [-0.05, 0) is 36.4 Å². The molecule has 2 heterocycles. The minimum Gasteiger partial charge on any atom is -0.491 e. The van der Waals surface area contributed by atoms with Crippen molar-refractivity contribution in [3.63, 3.8) is 0 Å². The Morgan fingerprint density at radius 2 is 1.78 bits per heavy atom. The van der Waals surface area contributed by atoms with Crippen molar-refractivity contribution in [3.05, 3.63) is 52.9 Å². The molecule has 2 aliphatic heterocycles. The van der Waals surface area contributed by atoms with E-state index in [9.17, 15) is 18.5 Å². The van der Waals surface area contributed by atoms with Crippen molar-refractivity contribution in [2.45, 2.75) is 32.3 Å². The number of likely N-dealkylation sites (tertiary alicyclic amines) is 1. The van der Waals surface area contributed by atoms with Gasteiger partial charge in [0.05, 0.1) is 12.3 Å². The van der Waals surface area contributed by atoms with Crippen LogP contribution in [0.5, 0.6) is 11.5 Å². The lowest BCUT2D eigenvalue weighted by Gasteiger charge is -2.37. The minimum atomic E-state index is -0.578. The van der Waals surface area contributed by atoms with Gasteiger partial charge in [0.2, 0.25) is 5.91 Å². The fraction of sp³-hybridized carbons (Fsp3) is 0.500. The third-order valence-corrected chi connectivity index (χ3v) is 6.69. The van der Waals surface area contributed by atoms with Crippen molar-refractivity contribution in [1.29, 1.82) is 0 Å². The molecule has 0 spiro atoms. The zero-order valence-electron chi connectivity index (χ0n) is 20.5. The molecule has 1 amide bonds. The molecular weight excluding hydrogens is 470 g/mol. The van der Waals surface area contributed by atoms with Crippen LogP contribution in [0.2, 0.25) is 0 Å². The summed E-state index contributed by atoms with van der Waals surface area (Å²) in [6.07, 6.45) is 1.88. The summed E-state index contributed by atoms with van der Waals surface area (Å²) in [5.41, 5.74) is 0.663. The monoisotopic (exact) mass is 502 g/mol. The summed E-state index contributed by atoms with van der Waals surface area (Å²) >= 11 is 0. The van der Waals surface area contributed by atoms with Crippen molar-refractivity contribution in [2.24, 2.45) is 5.18 Å². The Morgan fingerprint density at radius 1 is 1.03 bits per heavy atom. The van der Waals surface area contributed by atoms with Crippen molar-refractivity contribution < 1.29 is 23.0 Å². The van der Waals surface area contributed by atoms with Crippen molar-refractivity contribution in [3.8, 4) is 11.5 Å². The van der Waals surface area contributed by atoms with E-state index >= 15 is 0 Å². The van der Waals surface area contributed by atoms with Crippen LogP contribution in [-0.4, -0.2) is 74.2 Å². The molecule has 0 unspecified atom stereocenters. The van der Waals surface area contributed by atoms with Crippen LogP contribution in [0.1, 0.15) is 26.2 Å². The average molecular weight is 503 g/mol. The van der Waals surface area contributed by atoms with E-state index in [1.807, 2.05) is 16.7 Å². The molecule has 0 bridgehead atoms. The molecule has 0 aliphatic carbocycles. The van der Waals surface area contributed by atoms with Gasteiger partial charge in [0, 0.05) is 77.2 Å². The molecule has 2 aliphatic rings. The highest BCUT2D eigenvalue weighted by Crippen LogP contribution is 2.33. The summed E-state index contributed by atoms with van der Waals surface area (Å²) in [5.74, 6) is 0.0262. The Bertz CT molecular complexity index is 1050. The Kier molecular flexibility index (Phi) is 8.69. The smallest absolute Gasteiger partial charge is 0.223 e. The van der Waals surface area contributed by atoms with Crippen LogP contribution in [-0.2, 0) is 4.79 Å². The van der Waals surface area contributed by atoms with E-state index in [0.29, 0.717) is 62.9 Å². The number of ether oxygens (including phenoxy) is 2. The lowest BCUT2D eigenvalue weighted by molar-refractivity contribution is -0.133. The second-order valence-corrected chi connectivity index (χ2v) is 9.03. The predicted octanol–water partition coefficient (Wildman–Crippen LogP) is 4.34. The van der Waals surface area contributed by atoms with Crippen molar-refractivity contribution >= 4 is 17.3 Å². The number of piperidine rings is 1.